The predicted octanol–water partition coefficient (Wildman–Crippen LogP) is 4.33. The predicted molar refractivity (Wildman–Crippen MR) is 91.2 cm³/mol. The molecule has 0 aliphatic carbocycles. The molecular formula is C14H22Cl2N2OS. The average molecular weight is 337 g/mol. The third-order valence-electron chi connectivity index (χ3n) is 2.41. The van der Waals surface area contributed by atoms with Crippen LogP contribution in [0.3, 0.4) is 0 Å². The number of anilines is 1. The van der Waals surface area contributed by atoms with Crippen molar-refractivity contribution in [1.82, 2.24) is 0 Å². The Morgan fingerprint density at radius 3 is 2.60 bits per heavy atom. The molecule has 0 spiro atoms. The minimum atomic E-state index is -0.0230. The summed E-state index contributed by atoms with van der Waals surface area (Å²) in [6.07, 6.45) is 1.11. The van der Waals surface area contributed by atoms with Crippen molar-refractivity contribution < 1.29 is 4.79 Å². The maximum atomic E-state index is 11.8. The highest BCUT2D eigenvalue weighted by Gasteiger charge is 2.10. The summed E-state index contributed by atoms with van der Waals surface area (Å²) in [5, 5.41) is 3.98. The van der Waals surface area contributed by atoms with Gasteiger partial charge in [0, 0.05) is 27.6 Å². The molecule has 114 valence electrons. The molecule has 3 nitrogen and oxygen atoms in total. The minimum absolute atomic E-state index is 0. The average Bonchev–Trinajstić information content (AvgIpc) is 2.29. The topological polar surface area (TPSA) is 55.1 Å². The van der Waals surface area contributed by atoms with Crippen LogP contribution < -0.4 is 11.1 Å². The second-order valence-corrected chi connectivity index (χ2v) is 6.93. The normalized spacial score (nSPS) is 11.9. The molecule has 0 heterocycles. The van der Waals surface area contributed by atoms with Crippen LogP contribution in [0.4, 0.5) is 5.69 Å². The van der Waals surface area contributed by atoms with Gasteiger partial charge >= 0.3 is 0 Å². The van der Waals surface area contributed by atoms with E-state index >= 15 is 0 Å². The van der Waals surface area contributed by atoms with Crippen molar-refractivity contribution in [2.45, 2.75) is 49.8 Å². The quantitative estimate of drug-likeness (QED) is 0.760. The van der Waals surface area contributed by atoms with E-state index < -0.39 is 0 Å². The van der Waals surface area contributed by atoms with E-state index in [-0.39, 0.29) is 24.4 Å². The molecule has 0 saturated heterocycles. The molecule has 1 unspecified atom stereocenters. The van der Waals surface area contributed by atoms with Gasteiger partial charge < -0.3 is 11.1 Å². The molecule has 0 saturated carbocycles. The molecule has 1 aromatic carbocycles. The van der Waals surface area contributed by atoms with E-state index in [1.165, 1.54) is 0 Å². The molecule has 1 atom stereocenters. The van der Waals surface area contributed by atoms with Crippen molar-refractivity contribution in [1.29, 1.82) is 0 Å². The molecule has 0 radical (unpaired) electrons. The van der Waals surface area contributed by atoms with Gasteiger partial charge in [-0.05, 0) is 31.5 Å². The van der Waals surface area contributed by atoms with Gasteiger partial charge in [-0.2, -0.15) is 0 Å². The van der Waals surface area contributed by atoms with E-state index in [0.29, 0.717) is 23.1 Å². The van der Waals surface area contributed by atoms with Gasteiger partial charge in [0.1, 0.15) is 0 Å². The first kappa shape index (κ1) is 19.6. The van der Waals surface area contributed by atoms with Gasteiger partial charge in [0.25, 0.3) is 0 Å². The largest absolute Gasteiger partial charge is 0.328 e. The summed E-state index contributed by atoms with van der Waals surface area (Å²) in [7, 11) is 0. The van der Waals surface area contributed by atoms with Crippen LogP contribution in [0.5, 0.6) is 0 Å². The Bertz CT molecular complexity index is 439. The molecule has 6 heteroatoms. The van der Waals surface area contributed by atoms with Crippen LogP contribution in [0.1, 0.15) is 33.6 Å². The third kappa shape index (κ3) is 7.39. The Labute approximate surface area is 136 Å². The fraction of sp³-hybridized carbons (Fsp3) is 0.500. The maximum Gasteiger partial charge on any atom is 0.224 e. The zero-order valence-corrected chi connectivity index (χ0v) is 14.4. The lowest BCUT2D eigenvalue weighted by molar-refractivity contribution is -0.116. The molecular weight excluding hydrogens is 315 g/mol. The summed E-state index contributed by atoms with van der Waals surface area (Å²) >= 11 is 7.69. The highest BCUT2D eigenvalue weighted by molar-refractivity contribution is 8.00. The molecule has 0 aromatic heterocycles. The van der Waals surface area contributed by atoms with Crippen LogP contribution in [0.25, 0.3) is 0 Å². The van der Waals surface area contributed by atoms with Crippen molar-refractivity contribution >= 4 is 47.4 Å². The number of amides is 1. The first-order chi connectivity index (χ1) is 8.88. The fourth-order valence-electron chi connectivity index (χ4n) is 1.53. The van der Waals surface area contributed by atoms with Crippen molar-refractivity contribution in [2.75, 3.05) is 5.32 Å². The summed E-state index contributed by atoms with van der Waals surface area (Å²) in [6.45, 7) is 6.12. The van der Waals surface area contributed by atoms with E-state index in [1.54, 1.807) is 17.8 Å². The highest BCUT2D eigenvalue weighted by atomic mass is 35.5. The van der Waals surface area contributed by atoms with Crippen LogP contribution in [0.15, 0.2) is 23.1 Å². The molecule has 0 fully saturated rings. The van der Waals surface area contributed by atoms with E-state index in [2.05, 4.69) is 19.2 Å². The summed E-state index contributed by atoms with van der Waals surface area (Å²) < 4.78 is 0. The SMILES string of the molecule is CC(N)CCC(=O)Nc1cc(Cl)ccc1SC(C)C.Cl. The fourth-order valence-corrected chi connectivity index (χ4v) is 2.59. The van der Waals surface area contributed by atoms with Gasteiger partial charge in [0.2, 0.25) is 5.91 Å². The van der Waals surface area contributed by atoms with Crippen LogP contribution in [0, 0.1) is 0 Å². The number of hydrogen-bond acceptors (Lipinski definition) is 3. The molecule has 0 aliphatic rings. The number of nitrogens with one attached hydrogen (secondary N) is 1. The number of nitrogens with two attached hydrogens (primary N) is 1. The van der Waals surface area contributed by atoms with Crippen LogP contribution in [-0.4, -0.2) is 17.2 Å². The van der Waals surface area contributed by atoms with Crippen molar-refractivity contribution in [3.05, 3.63) is 23.2 Å². The standard InChI is InChI=1S/C14H21ClN2OS.ClH/c1-9(2)19-13-6-5-11(15)8-12(13)17-14(18)7-4-10(3)16;/h5-6,8-10H,4,7,16H2,1-3H3,(H,17,18);1H. The Balaban J connectivity index is 0.00000361. The van der Waals surface area contributed by atoms with Gasteiger partial charge in [-0.15, -0.1) is 24.2 Å². The lowest BCUT2D eigenvalue weighted by Crippen LogP contribution is -2.19. The lowest BCUT2D eigenvalue weighted by atomic mass is 10.2. The van der Waals surface area contributed by atoms with Crippen molar-refractivity contribution in [2.24, 2.45) is 5.73 Å². The summed E-state index contributed by atoms with van der Waals surface area (Å²) in [5.74, 6) is -0.0230. The van der Waals surface area contributed by atoms with Gasteiger partial charge in [-0.25, -0.2) is 0 Å². The summed E-state index contributed by atoms with van der Waals surface area (Å²) in [6, 6.07) is 5.60. The van der Waals surface area contributed by atoms with Crippen LogP contribution in [0.2, 0.25) is 5.02 Å². The number of thioether (sulfide) groups is 1. The van der Waals surface area contributed by atoms with E-state index in [9.17, 15) is 4.79 Å². The number of carbonyl (C=O) groups is 1. The van der Waals surface area contributed by atoms with Crippen molar-refractivity contribution in [3.8, 4) is 0 Å². The number of carbonyl (C=O) groups excluding carboxylic acids is 1. The first-order valence-electron chi connectivity index (χ1n) is 6.40. The number of rotatable bonds is 6. The van der Waals surface area contributed by atoms with Crippen LogP contribution >= 0.6 is 35.8 Å². The third-order valence-corrected chi connectivity index (χ3v) is 3.72. The molecule has 0 aliphatic heterocycles. The summed E-state index contributed by atoms with van der Waals surface area (Å²) in [4.78, 5) is 12.9. The first-order valence-corrected chi connectivity index (χ1v) is 7.66. The van der Waals surface area contributed by atoms with Gasteiger partial charge in [-0.3, -0.25) is 4.79 Å². The molecule has 1 aromatic rings. The van der Waals surface area contributed by atoms with Crippen molar-refractivity contribution in [3.63, 3.8) is 0 Å². The number of hydrogen-bond donors (Lipinski definition) is 2. The second-order valence-electron chi connectivity index (χ2n) is 4.87. The van der Waals surface area contributed by atoms with E-state index in [1.807, 2.05) is 19.1 Å². The summed E-state index contributed by atoms with van der Waals surface area (Å²) in [5.41, 5.74) is 6.43. The van der Waals surface area contributed by atoms with Gasteiger partial charge in [0.05, 0.1) is 5.69 Å². The Morgan fingerprint density at radius 1 is 1.40 bits per heavy atom. The zero-order chi connectivity index (χ0) is 14.4. The van der Waals surface area contributed by atoms with Gasteiger partial charge in [-0.1, -0.05) is 25.4 Å². The minimum Gasteiger partial charge on any atom is -0.328 e. The Morgan fingerprint density at radius 2 is 2.05 bits per heavy atom. The highest BCUT2D eigenvalue weighted by Crippen LogP contribution is 2.32. The molecule has 0 bridgehead atoms. The molecule has 20 heavy (non-hydrogen) atoms. The maximum absolute atomic E-state index is 11.8. The van der Waals surface area contributed by atoms with E-state index in [4.69, 9.17) is 17.3 Å². The number of benzene rings is 1. The van der Waals surface area contributed by atoms with Gasteiger partial charge in [0.15, 0.2) is 0 Å². The monoisotopic (exact) mass is 336 g/mol. The Hall–Kier alpha value is -0.420. The smallest absolute Gasteiger partial charge is 0.224 e. The molecule has 1 rings (SSSR count). The lowest BCUT2D eigenvalue weighted by Gasteiger charge is -2.13. The molecule has 1 amide bonds. The second kappa shape index (κ2) is 9.50. The zero-order valence-electron chi connectivity index (χ0n) is 12.0. The Kier molecular flexibility index (Phi) is 9.30. The molecule has 3 N–H and O–H groups in total. The number of halogens is 2. The van der Waals surface area contributed by atoms with Crippen LogP contribution in [-0.2, 0) is 4.79 Å². The van der Waals surface area contributed by atoms with E-state index in [0.717, 1.165) is 10.6 Å².